The standard InChI is InChI=1S/C10H22N2S/c1-3-10(9-13)8-12-6-4-11(2)5-7-12/h10,13H,3-9H2,1-2H3. The number of nitrogens with zero attached hydrogens (tertiary/aromatic N) is 2. The predicted octanol–water partition coefficient (Wildman–Crippen LogP) is 1.19. The summed E-state index contributed by atoms with van der Waals surface area (Å²) in [5, 5.41) is 0. The van der Waals surface area contributed by atoms with Crippen molar-refractivity contribution in [1.82, 2.24) is 9.80 Å². The number of hydrogen-bond donors (Lipinski definition) is 1. The molecule has 1 aliphatic rings. The van der Waals surface area contributed by atoms with Crippen molar-refractivity contribution in [2.24, 2.45) is 5.92 Å². The normalized spacial score (nSPS) is 23.3. The lowest BCUT2D eigenvalue weighted by Gasteiger charge is -2.34. The fraction of sp³-hybridized carbons (Fsp3) is 1.00. The van der Waals surface area contributed by atoms with E-state index in [2.05, 4.69) is 36.4 Å². The van der Waals surface area contributed by atoms with Crippen LogP contribution in [0, 0.1) is 5.92 Å². The molecule has 1 atom stereocenters. The molecule has 0 spiro atoms. The number of rotatable bonds is 4. The Morgan fingerprint density at radius 3 is 2.31 bits per heavy atom. The van der Waals surface area contributed by atoms with Gasteiger partial charge in [0.15, 0.2) is 0 Å². The third kappa shape index (κ3) is 3.88. The van der Waals surface area contributed by atoms with E-state index in [1.54, 1.807) is 0 Å². The maximum absolute atomic E-state index is 4.38. The zero-order valence-corrected chi connectivity index (χ0v) is 9.76. The summed E-state index contributed by atoms with van der Waals surface area (Å²) in [5.41, 5.74) is 0. The Kier molecular flexibility index (Phi) is 5.14. The van der Waals surface area contributed by atoms with Crippen molar-refractivity contribution in [3.05, 3.63) is 0 Å². The van der Waals surface area contributed by atoms with Crippen molar-refractivity contribution in [2.45, 2.75) is 13.3 Å². The Morgan fingerprint density at radius 2 is 1.85 bits per heavy atom. The van der Waals surface area contributed by atoms with Crippen LogP contribution in [-0.2, 0) is 0 Å². The summed E-state index contributed by atoms with van der Waals surface area (Å²) >= 11 is 4.38. The summed E-state index contributed by atoms with van der Waals surface area (Å²) in [6.07, 6.45) is 1.26. The molecule has 0 saturated carbocycles. The fourth-order valence-corrected chi connectivity index (χ4v) is 2.09. The SMILES string of the molecule is CCC(CS)CN1CCN(C)CC1. The minimum atomic E-state index is 0.784. The van der Waals surface area contributed by atoms with Crippen LogP contribution in [0.1, 0.15) is 13.3 Å². The molecular weight excluding hydrogens is 180 g/mol. The molecule has 1 fully saturated rings. The summed E-state index contributed by atoms with van der Waals surface area (Å²) in [5.74, 6) is 1.81. The summed E-state index contributed by atoms with van der Waals surface area (Å²) in [6.45, 7) is 8.43. The van der Waals surface area contributed by atoms with E-state index in [1.807, 2.05) is 0 Å². The van der Waals surface area contributed by atoms with Crippen molar-refractivity contribution in [1.29, 1.82) is 0 Å². The first-order chi connectivity index (χ1) is 6.26. The third-order valence-electron chi connectivity index (χ3n) is 2.95. The molecule has 0 aliphatic carbocycles. The van der Waals surface area contributed by atoms with Crippen LogP contribution >= 0.6 is 12.6 Å². The lowest BCUT2D eigenvalue weighted by Crippen LogP contribution is -2.46. The van der Waals surface area contributed by atoms with Gasteiger partial charge in [-0.2, -0.15) is 12.6 Å². The monoisotopic (exact) mass is 202 g/mol. The molecule has 78 valence electrons. The first-order valence-corrected chi connectivity index (χ1v) is 5.91. The Labute approximate surface area is 87.7 Å². The molecule has 0 bridgehead atoms. The van der Waals surface area contributed by atoms with Gasteiger partial charge in [-0.25, -0.2) is 0 Å². The second-order valence-electron chi connectivity index (χ2n) is 4.06. The molecule has 13 heavy (non-hydrogen) atoms. The van der Waals surface area contributed by atoms with Gasteiger partial charge in [0.2, 0.25) is 0 Å². The maximum atomic E-state index is 4.38. The zero-order valence-electron chi connectivity index (χ0n) is 8.87. The summed E-state index contributed by atoms with van der Waals surface area (Å²) in [7, 11) is 2.20. The highest BCUT2D eigenvalue weighted by Crippen LogP contribution is 2.09. The molecule has 1 saturated heterocycles. The van der Waals surface area contributed by atoms with Crippen LogP contribution in [0.3, 0.4) is 0 Å². The highest BCUT2D eigenvalue weighted by molar-refractivity contribution is 7.80. The van der Waals surface area contributed by atoms with E-state index >= 15 is 0 Å². The Bertz CT molecular complexity index is 129. The van der Waals surface area contributed by atoms with Gasteiger partial charge in [0.05, 0.1) is 0 Å². The van der Waals surface area contributed by atoms with E-state index in [9.17, 15) is 0 Å². The van der Waals surface area contributed by atoms with Crippen LogP contribution in [0.15, 0.2) is 0 Å². The topological polar surface area (TPSA) is 6.48 Å². The van der Waals surface area contributed by atoms with Crippen molar-refractivity contribution >= 4 is 12.6 Å². The van der Waals surface area contributed by atoms with E-state index in [0.717, 1.165) is 11.7 Å². The van der Waals surface area contributed by atoms with Gasteiger partial charge < -0.3 is 9.80 Å². The van der Waals surface area contributed by atoms with Gasteiger partial charge in [-0.05, 0) is 18.7 Å². The highest BCUT2D eigenvalue weighted by atomic mass is 32.1. The summed E-state index contributed by atoms with van der Waals surface area (Å²) < 4.78 is 0. The molecule has 0 aromatic rings. The Balaban J connectivity index is 2.21. The lowest BCUT2D eigenvalue weighted by atomic mass is 10.1. The van der Waals surface area contributed by atoms with Crippen molar-refractivity contribution in [3.63, 3.8) is 0 Å². The molecule has 3 heteroatoms. The molecule has 0 amide bonds. The first-order valence-electron chi connectivity index (χ1n) is 5.28. The molecule has 0 aromatic heterocycles. The van der Waals surface area contributed by atoms with E-state index < -0.39 is 0 Å². The van der Waals surface area contributed by atoms with Crippen molar-refractivity contribution in [3.8, 4) is 0 Å². The van der Waals surface area contributed by atoms with Gasteiger partial charge in [-0.1, -0.05) is 13.3 Å². The minimum Gasteiger partial charge on any atom is -0.304 e. The van der Waals surface area contributed by atoms with Gasteiger partial charge in [0.1, 0.15) is 0 Å². The smallest absolute Gasteiger partial charge is 0.0110 e. The average Bonchev–Trinajstić information content (AvgIpc) is 2.17. The quantitative estimate of drug-likeness (QED) is 0.684. The van der Waals surface area contributed by atoms with Gasteiger partial charge in [-0.3, -0.25) is 0 Å². The molecule has 2 nitrogen and oxygen atoms in total. The molecule has 1 rings (SSSR count). The van der Waals surface area contributed by atoms with Gasteiger partial charge in [0.25, 0.3) is 0 Å². The van der Waals surface area contributed by atoms with Crippen LogP contribution in [0.5, 0.6) is 0 Å². The van der Waals surface area contributed by atoms with Crippen molar-refractivity contribution in [2.75, 3.05) is 45.5 Å². The number of hydrogen-bond acceptors (Lipinski definition) is 3. The van der Waals surface area contributed by atoms with Crippen LogP contribution < -0.4 is 0 Å². The second kappa shape index (κ2) is 5.89. The second-order valence-corrected chi connectivity index (χ2v) is 4.43. The molecule has 1 heterocycles. The fourth-order valence-electron chi connectivity index (χ4n) is 1.71. The number of piperazine rings is 1. The predicted molar refractivity (Wildman–Crippen MR) is 61.6 cm³/mol. The molecule has 1 aliphatic heterocycles. The van der Waals surface area contributed by atoms with E-state index in [0.29, 0.717) is 0 Å². The number of likely N-dealkylation sites (N-methyl/N-ethyl adjacent to an activating group) is 1. The Hall–Kier alpha value is 0.270. The largest absolute Gasteiger partial charge is 0.304 e. The Morgan fingerprint density at radius 1 is 1.23 bits per heavy atom. The minimum absolute atomic E-state index is 0.784. The molecule has 0 radical (unpaired) electrons. The van der Waals surface area contributed by atoms with Crippen molar-refractivity contribution < 1.29 is 0 Å². The van der Waals surface area contributed by atoms with Crippen LogP contribution in [0.4, 0.5) is 0 Å². The molecule has 1 unspecified atom stereocenters. The molecule has 0 N–H and O–H groups in total. The average molecular weight is 202 g/mol. The first kappa shape index (κ1) is 11.3. The lowest BCUT2D eigenvalue weighted by molar-refractivity contribution is 0.139. The highest BCUT2D eigenvalue weighted by Gasteiger charge is 2.16. The van der Waals surface area contributed by atoms with Gasteiger partial charge in [-0.15, -0.1) is 0 Å². The van der Waals surface area contributed by atoms with Gasteiger partial charge >= 0.3 is 0 Å². The molecule has 0 aromatic carbocycles. The maximum Gasteiger partial charge on any atom is 0.0110 e. The van der Waals surface area contributed by atoms with Gasteiger partial charge in [0, 0.05) is 32.7 Å². The third-order valence-corrected chi connectivity index (χ3v) is 3.46. The zero-order chi connectivity index (χ0) is 9.68. The number of thiol groups is 1. The van der Waals surface area contributed by atoms with E-state index in [4.69, 9.17) is 0 Å². The molecular formula is C10H22N2S. The summed E-state index contributed by atoms with van der Waals surface area (Å²) in [6, 6.07) is 0. The van der Waals surface area contributed by atoms with Crippen LogP contribution in [0.25, 0.3) is 0 Å². The van der Waals surface area contributed by atoms with E-state index in [-0.39, 0.29) is 0 Å². The van der Waals surface area contributed by atoms with Crippen LogP contribution in [0.2, 0.25) is 0 Å². The summed E-state index contributed by atoms with van der Waals surface area (Å²) in [4.78, 5) is 4.97. The van der Waals surface area contributed by atoms with Crippen LogP contribution in [-0.4, -0.2) is 55.3 Å². The van der Waals surface area contributed by atoms with E-state index in [1.165, 1.54) is 39.1 Å².